The van der Waals surface area contributed by atoms with Crippen molar-refractivity contribution >= 4 is 11.2 Å². The number of rotatable bonds is 4. The van der Waals surface area contributed by atoms with Crippen LogP contribution < -0.4 is 0 Å². The smallest absolute Gasteiger partial charge is 0.160 e. The number of hydrogen-bond donors (Lipinski definition) is 0. The van der Waals surface area contributed by atoms with Crippen LogP contribution in [0.1, 0.15) is 18.2 Å². The van der Waals surface area contributed by atoms with Crippen molar-refractivity contribution in [3.63, 3.8) is 0 Å². The summed E-state index contributed by atoms with van der Waals surface area (Å²) in [6.07, 6.45) is 2.85. The van der Waals surface area contributed by atoms with Gasteiger partial charge in [0.05, 0.1) is 13.2 Å². The molecule has 96 valence electrons. The van der Waals surface area contributed by atoms with E-state index in [0.717, 1.165) is 43.2 Å². The molecule has 2 aromatic rings. The maximum Gasteiger partial charge on any atom is 0.160 e. The SMILES string of the molecule is COCCn1c(C2CCOC2)nc2cccnc21. The first-order valence-corrected chi connectivity index (χ1v) is 6.28. The summed E-state index contributed by atoms with van der Waals surface area (Å²) in [7, 11) is 1.71. The Labute approximate surface area is 106 Å². The second-order valence-electron chi connectivity index (χ2n) is 4.52. The average molecular weight is 247 g/mol. The number of nitrogens with zero attached hydrogens (tertiary/aromatic N) is 3. The number of imidazole rings is 1. The third-order valence-electron chi connectivity index (χ3n) is 3.35. The summed E-state index contributed by atoms with van der Waals surface area (Å²) >= 11 is 0. The van der Waals surface area contributed by atoms with Crippen molar-refractivity contribution in [2.75, 3.05) is 26.9 Å². The van der Waals surface area contributed by atoms with Crippen LogP contribution in [0.4, 0.5) is 0 Å². The van der Waals surface area contributed by atoms with Crippen molar-refractivity contribution in [2.24, 2.45) is 0 Å². The first kappa shape index (κ1) is 11.6. The Kier molecular flexibility index (Phi) is 3.25. The molecule has 0 N–H and O–H groups in total. The van der Waals surface area contributed by atoms with E-state index in [-0.39, 0.29) is 0 Å². The van der Waals surface area contributed by atoms with E-state index in [0.29, 0.717) is 12.5 Å². The zero-order valence-electron chi connectivity index (χ0n) is 10.5. The number of fused-ring (bicyclic) bond motifs is 1. The molecule has 18 heavy (non-hydrogen) atoms. The molecule has 1 fully saturated rings. The maximum absolute atomic E-state index is 5.46. The van der Waals surface area contributed by atoms with E-state index in [4.69, 9.17) is 14.5 Å². The van der Waals surface area contributed by atoms with E-state index in [1.165, 1.54) is 0 Å². The highest BCUT2D eigenvalue weighted by molar-refractivity contribution is 5.71. The average Bonchev–Trinajstić information content (AvgIpc) is 3.03. The Morgan fingerprint density at radius 2 is 2.50 bits per heavy atom. The van der Waals surface area contributed by atoms with Crippen molar-refractivity contribution < 1.29 is 9.47 Å². The van der Waals surface area contributed by atoms with Crippen molar-refractivity contribution in [2.45, 2.75) is 18.9 Å². The van der Waals surface area contributed by atoms with Crippen molar-refractivity contribution in [3.05, 3.63) is 24.2 Å². The number of aromatic nitrogens is 3. The molecule has 1 atom stereocenters. The molecule has 1 aliphatic heterocycles. The van der Waals surface area contributed by atoms with Crippen LogP contribution in [-0.4, -0.2) is 41.5 Å². The van der Waals surface area contributed by atoms with E-state index in [2.05, 4.69) is 9.55 Å². The lowest BCUT2D eigenvalue weighted by atomic mass is 10.1. The Balaban J connectivity index is 2.04. The Bertz CT molecular complexity index is 532. The molecular weight excluding hydrogens is 230 g/mol. The normalized spacial score (nSPS) is 19.7. The highest BCUT2D eigenvalue weighted by Gasteiger charge is 2.24. The molecular formula is C13H17N3O2. The summed E-state index contributed by atoms with van der Waals surface area (Å²) in [6, 6.07) is 3.93. The molecule has 0 radical (unpaired) electrons. The molecule has 5 heteroatoms. The zero-order valence-corrected chi connectivity index (χ0v) is 10.5. The first-order valence-electron chi connectivity index (χ1n) is 6.28. The van der Waals surface area contributed by atoms with E-state index in [9.17, 15) is 0 Å². The van der Waals surface area contributed by atoms with Gasteiger partial charge in [-0.25, -0.2) is 9.97 Å². The van der Waals surface area contributed by atoms with Crippen LogP contribution in [0.2, 0.25) is 0 Å². The van der Waals surface area contributed by atoms with Gasteiger partial charge in [0.25, 0.3) is 0 Å². The fourth-order valence-electron chi connectivity index (χ4n) is 2.43. The molecule has 0 aliphatic carbocycles. The van der Waals surface area contributed by atoms with Gasteiger partial charge in [-0.05, 0) is 18.6 Å². The number of hydrogen-bond acceptors (Lipinski definition) is 4. The van der Waals surface area contributed by atoms with Crippen LogP contribution in [0.15, 0.2) is 18.3 Å². The lowest BCUT2D eigenvalue weighted by Crippen LogP contribution is -2.12. The fourth-order valence-corrected chi connectivity index (χ4v) is 2.43. The number of pyridine rings is 1. The molecule has 0 saturated carbocycles. The molecule has 2 aromatic heterocycles. The molecule has 0 bridgehead atoms. The fraction of sp³-hybridized carbons (Fsp3) is 0.538. The molecule has 1 aliphatic rings. The highest BCUT2D eigenvalue weighted by atomic mass is 16.5. The molecule has 5 nitrogen and oxygen atoms in total. The van der Waals surface area contributed by atoms with Gasteiger partial charge in [0.1, 0.15) is 11.3 Å². The molecule has 3 rings (SSSR count). The third-order valence-corrected chi connectivity index (χ3v) is 3.35. The summed E-state index contributed by atoms with van der Waals surface area (Å²) in [5.41, 5.74) is 1.90. The Morgan fingerprint density at radius 3 is 3.28 bits per heavy atom. The van der Waals surface area contributed by atoms with E-state index in [1.54, 1.807) is 7.11 Å². The topological polar surface area (TPSA) is 49.2 Å². The van der Waals surface area contributed by atoms with Crippen molar-refractivity contribution in [1.82, 2.24) is 14.5 Å². The summed E-state index contributed by atoms with van der Waals surface area (Å²) in [5, 5.41) is 0. The van der Waals surface area contributed by atoms with Crippen LogP contribution in [-0.2, 0) is 16.0 Å². The lowest BCUT2D eigenvalue weighted by molar-refractivity contribution is 0.183. The Hall–Kier alpha value is -1.46. The van der Waals surface area contributed by atoms with Gasteiger partial charge in [-0.3, -0.25) is 0 Å². The van der Waals surface area contributed by atoms with Gasteiger partial charge in [-0.15, -0.1) is 0 Å². The predicted octanol–water partition coefficient (Wildman–Crippen LogP) is 1.58. The Morgan fingerprint density at radius 1 is 1.56 bits per heavy atom. The van der Waals surface area contributed by atoms with Gasteiger partial charge in [0.2, 0.25) is 0 Å². The summed E-state index contributed by atoms with van der Waals surface area (Å²) in [4.78, 5) is 9.14. The van der Waals surface area contributed by atoms with Gasteiger partial charge in [0.15, 0.2) is 5.65 Å². The summed E-state index contributed by atoms with van der Waals surface area (Å²) < 4.78 is 12.8. The maximum atomic E-state index is 5.46. The lowest BCUT2D eigenvalue weighted by Gasteiger charge is -2.11. The molecule has 1 unspecified atom stereocenters. The summed E-state index contributed by atoms with van der Waals surface area (Å²) in [5.74, 6) is 1.47. The summed E-state index contributed by atoms with van der Waals surface area (Å²) in [6.45, 7) is 3.04. The standard InChI is InChI=1S/C13H17N3O2/c1-17-8-6-16-12(10-4-7-18-9-10)15-11-3-2-5-14-13(11)16/h2-3,5,10H,4,6-9H2,1H3. The molecule has 0 aromatic carbocycles. The third kappa shape index (κ3) is 2.00. The van der Waals surface area contributed by atoms with Gasteiger partial charge in [0, 0.05) is 32.4 Å². The van der Waals surface area contributed by atoms with Crippen LogP contribution in [0, 0.1) is 0 Å². The van der Waals surface area contributed by atoms with Crippen LogP contribution >= 0.6 is 0 Å². The largest absolute Gasteiger partial charge is 0.383 e. The van der Waals surface area contributed by atoms with Crippen LogP contribution in [0.5, 0.6) is 0 Å². The van der Waals surface area contributed by atoms with E-state index in [1.807, 2.05) is 18.3 Å². The predicted molar refractivity (Wildman–Crippen MR) is 67.6 cm³/mol. The second-order valence-corrected chi connectivity index (χ2v) is 4.52. The molecule has 1 saturated heterocycles. The monoisotopic (exact) mass is 247 g/mol. The molecule has 0 spiro atoms. The highest BCUT2D eigenvalue weighted by Crippen LogP contribution is 2.27. The number of ether oxygens (including phenoxy) is 2. The second kappa shape index (κ2) is 5.04. The van der Waals surface area contributed by atoms with Gasteiger partial charge in [-0.2, -0.15) is 0 Å². The quantitative estimate of drug-likeness (QED) is 0.823. The zero-order chi connectivity index (χ0) is 12.4. The van der Waals surface area contributed by atoms with Gasteiger partial charge >= 0.3 is 0 Å². The van der Waals surface area contributed by atoms with Gasteiger partial charge in [-0.1, -0.05) is 0 Å². The van der Waals surface area contributed by atoms with Crippen molar-refractivity contribution in [3.8, 4) is 0 Å². The van der Waals surface area contributed by atoms with E-state index >= 15 is 0 Å². The van der Waals surface area contributed by atoms with Crippen LogP contribution in [0.3, 0.4) is 0 Å². The first-order chi connectivity index (χ1) is 8.90. The minimum absolute atomic E-state index is 0.385. The minimum Gasteiger partial charge on any atom is -0.383 e. The van der Waals surface area contributed by atoms with Crippen molar-refractivity contribution in [1.29, 1.82) is 0 Å². The van der Waals surface area contributed by atoms with Crippen LogP contribution in [0.25, 0.3) is 11.2 Å². The van der Waals surface area contributed by atoms with E-state index < -0.39 is 0 Å². The molecule has 0 amide bonds. The molecule has 3 heterocycles. The minimum atomic E-state index is 0.385. The van der Waals surface area contributed by atoms with Gasteiger partial charge < -0.3 is 14.0 Å². The number of methoxy groups -OCH3 is 1.